The van der Waals surface area contributed by atoms with Crippen LogP contribution in [0.25, 0.3) is 0 Å². The summed E-state index contributed by atoms with van der Waals surface area (Å²) in [6.45, 7) is -0.00694. The van der Waals surface area contributed by atoms with Gasteiger partial charge in [0.1, 0.15) is 12.4 Å². The zero-order chi connectivity index (χ0) is 5.11. The number of nitrogens with zero attached hydrogens (tertiary/aromatic N) is 1. The molecule has 8 heavy (non-hydrogen) atoms. The summed E-state index contributed by atoms with van der Waals surface area (Å²) in [6, 6.07) is 0. The molecule has 0 aliphatic heterocycles. The molecular formula is C4H7IN2O. The average molecular weight is 226 g/mol. The first kappa shape index (κ1) is 7.90. The smallest absolute Gasteiger partial charge is 0.131 e. The third-order valence-corrected chi connectivity index (χ3v) is 0.705. The third-order valence-electron chi connectivity index (χ3n) is 0.705. The second-order valence-corrected chi connectivity index (χ2v) is 1.19. The van der Waals surface area contributed by atoms with Crippen molar-refractivity contribution in [1.82, 2.24) is 9.97 Å². The molecule has 2 N–H and O–H groups in total. The maximum atomic E-state index is 8.33. The Morgan fingerprint density at radius 3 is 2.75 bits per heavy atom. The van der Waals surface area contributed by atoms with Gasteiger partial charge < -0.3 is 10.1 Å². The summed E-state index contributed by atoms with van der Waals surface area (Å²) in [7, 11) is 0. The topological polar surface area (TPSA) is 48.9 Å². The zero-order valence-electron chi connectivity index (χ0n) is 4.16. The van der Waals surface area contributed by atoms with Gasteiger partial charge in [0.25, 0.3) is 0 Å². The number of aromatic nitrogens is 2. The number of hydrogen-bond acceptors (Lipinski definition) is 2. The molecule has 0 saturated carbocycles. The van der Waals surface area contributed by atoms with E-state index in [2.05, 4.69) is 9.97 Å². The number of H-pyrrole nitrogens is 1. The SMILES string of the molecule is I.OCc1ncc[nH]1. The Bertz CT molecular complexity index is 129. The van der Waals surface area contributed by atoms with Crippen molar-refractivity contribution in [3.8, 4) is 0 Å². The van der Waals surface area contributed by atoms with E-state index < -0.39 is 0 Å². The largest absolute Gasteiger partial charge is 0.388 e. The van der Waals surface area contributed by atoms with E-state index in [0.29, 0.717) is 5.82 Å². The molecule has 0 bridgehead atoms. The summed E-state index contributed by atoms with van der Waals surface area (Å²) >= 11 is 0. The second kappa shape index (κ2) is 3.85. The van der Waals surface area contributed by atoms with Crippen LogP contribution < -0.4 is 0 Å². The highest BCUT2D eigenvalue weighted by molar-refractivity contribution is 14.0. The summed E-state index contributed by atoms with van der Waals surface area (Å²) in [5.74, 6) is 0.611. The van der Waals surface area contributed by atoms with E-state index in [1.165, 1.54) is 0 Å². The molecule has 0 spiro atoms. The first-order chi connectivity index (χ1) is 3.43. The number of nitrogens with one attached hydrogen (secondary N) is 1. The zero-order valence-corrected chi connectivity index (χ0v) is 6.49. The van der Waals surface area contributed by atoms with Gasteiger partial charge in [-0.3, -0.25) is 0 Å². The molecule has 4 heteroatoms. The Morgan fingerprint density at radius 2 is 2.50 bits per heavy atom. The minimum absolute atomic E-state index is 0. The number of imidazole rings is 1. The van der Waals surface area contributed by atoms with Crippen molar-refractivity contribution in [2.24, 2.45) is 0 Å². The molecule has 0 amide bonds. The van der Waals surface area contributed by atoms with Crippen molar-refractivity contribution < 1.29 is 5.11 Å². The number of hydrogen-bond donors (Lipinski definition) is 2. The van der Waals surface area contributed by atoms with Crippen LogP contribution in [0.3, 0.4) is 0 Å². The molecule has 0 saturated heterocycles. The highest BCUT2D eigenvalue weighted by Crippen LogP contribution is 1.83. The summed E-state index contributed by atoms with van der Waals surface area (Å²) in [5.41, 5.74) is 0. The molecule has 0 aliphatic rings. The fourth-order valence-corrected chi connectivity index (χ4v) is 0.384. The monoisotopic (exact) mass is 226 g/mol. The van der Waals surface area contributed by atoms with Gasteiger partial charge in [-0.15, -0.1) is 24.0 Å². The number of rotatable bonds is 1. The van der Waals surface area contributed by atoms with Gasteiger partial charge in [0.2, 0.25) is 0 Å². The van der Waals surface area contributed by atoms with Gasteiger partial charge in [-0.05, 0) is 0 Å². The normalized spacial score (nSPS) is 8.12. The van der Waals surface area contributed by atoms with Crippen LogP contribution in [-0.2, 0) is 6.61 Å². The molecule has 0 atom stereocenters. The van der Waals surface area contributed by atoms with Gasteiger partial charge in [0.15, 0.2) is 0 Å². The standard InChI is InChI=1S/C4H6N2O.HI/c7-3-4-5-1-2-6-4;/h1-2,7H,3H2,(H,5,6);1H. The lowest BCUT2D eigenvalue weighted by molar-refractivity contribution is 0.272. The highest BCUT2D eigenvalue weighted by Gasteiger charge is 1.84. The molecule has 1 aromatic heterocycles. The van der Waals surface area contributed by atoms with Crippen LogP contribution >= 0.6 is 24.0 Å². The maximum Gasteiger partial charge on any atom is 0.131 e. The lowest BCUT2D eigenvalue weighted by atomic mass is 10.7. The van der Waals surface area contributed by atoms with Gasteiger partial charge in [-0.2, -0.15) is 0 Å². The summed E-state index contributed by atoms with van der Waals surface area (Å²) in [6.07, 6.45) is 3.27. The first-order valence-corrected chi connectivity index (χ1v) is 2.02. The van der Waals surface area contributed by atoms with Crippen molar-refractivity contribution in [3.05, 3.63) is 18.2 Å². The minimum Gasteiger partial charge on any atom is -0.388 e. The van der Waals surface area contributed by atoms with Crippen molar-refractivity contribution in [2.45, 2.75) is 6.61 Å². The van der Waals surface area contributed by atoms with Gasteiger partial charge in [-0.25, -0.2) is 4.98 Å². The Balaban J connectivity index is 0.000000490. The van der Waals surface area contributed by atoms with Crippen molar-refractivity contribution >= 4 is 24.0 Å². The molecule has 0 aromatic carbocycles. The van der Waals surface area contributed by atoms with Gasteiger partial charge in [-0.1, -0.05) is 0 Å². The van der Waals surface area contributed by atoms with E-state index in [0.717, 1.165) is 0 Å². The highest BCUT2D eigenvalue weighted by atomic mass is 127. The van der Waals surface area contributed by atoms with Crippen molar-refractivity contribution in [1.29, 1.82) is 0 Å². The Hall–Kier alpha value is -0.100. The Labute approximate surface area is 64.2 Å². The van der Waals surface area contributed by atoms with Crippen molar-refractivity contribution in [3.63, 3.8) is 0 Å². The van der Waals surface area contributed by atoms with Crippen LogP contribution in [0.1, 0.15) is 5.82 Å². The summed E-state index contributed by atoms with van der Waals surface area (Å²) < 4.78 is 0. The fourth-order valence-electron chi connectivity index (χ4n) is 0.384. The van der Waals surface area contributed by atoms with Gasteiger partial charge in [0.05, 0.1) is 0 Å². The molecule has 1 rings (SSSR count). The van der Waals surface area contributed by atoms with Gasteiger partial charge >= 0.3 is 0 Å². The maximum absolute atomic E-state index is 8.33. The second-order valence-electron chi connectivity index (χ2n) is 1.19. The molecule has 0 aliphatic carbocycles. The van der Waals surface area contributed by atoms with Crippen LogP contribution in [0.5, 0.6) is 0 Å². The van der Waals surface area contributed by atoms with E-state index in [-0.39, 0.29) is 30.6 Å². The van der Waals surface area contributed by atoms with Crippen LogP contribution in [0, 0.1) is 0 Å². The third kappa shape index (κ3) is 1.79. The van der Waals surface area contributed by atoms with Gasteiger partial charge in [0, 0.05) is 12.4 Å². The average Bonchev–Trinajstić information content (AvgIpc) is 2.14. The van der Waals surface area contributed by atoms with E-state index in [1.807, 2.05) is 0 Å². The van der Waals surface area contributed by atoms with Crippen LogP contribution in [0.15, 0.2) is 12.4 Å². The first-order valence-electron chi connectivity index (χ1n) is 2.02. The quantitative estimate of drug-likeness (QED) is 0.686. The number of aliphatic hydroxyl groups excluding tert-OH is 1. The molecule has 3 nitrogen and oxygen atoms in total. The predicted octanol–water partition coefficient (Wildman–Crippen LogP) is 0.520. The molecule has 46 valence electrons. The molecule has 0 fully saturated rings. The number of aromatic amines is 1. The summed E-state index contributed by atoms with van der Waals surface area (Å²) in [4.78, 5) is 6.45. The molecule has 0 radical (unpaired) electrons. The van der Waals surface area contributed by atoms with Crippen LogP contribution in [0.2, 0.25) is 0 Å². The number of aliphatic hydroxyl groups is 1. The van der Waals surface area contributed by atoms with Crippen LogP contribution in [-0.4, -0.2) is 15.1 Å². The fraction of sp³-hybridized carbons (Fsp3) is 0.250. The minimum atomic E-state index is -0.00694. The van der Waals surface area contributed by atoms with E-state index in [4.69, 9.17) is 5.11 Å². The van der Waals surface area contributed by atoms with Crippen molar-refractivity contribution in [2.75, 3.05) is 0 Å². The van der Waals surface area contributed by atoms with E-state index in [9.17, 15) is 0 Å². The summed E-state index contributed by atoms with van der Waals surface area (Å²) in [5, 5.41) is 8.33. The Kier molecular flexibility index (Phi) is 3.80. The molecule has 0 unspecified atom stereocenters. The van der Waals surface area contributed by atoms with Crippen LogP contribution in [0.4, 0.5) is 0 Å². The molecule has 1 aromatic rings. The van der Waals surface area contributed by atoms with E-state index >= 15 is 0 Å². The van der Waals surface area contributed by atoms with E-state index in [1.54, 1.807) is 12.4 Å². The molecular weight excluding hydrogens is 219 g/mol. The lowest BCUT2D eigenvalue weighted by Crippen LogP contribution is -1.82. The molecule has 1 heterocycles. The Morgan fingerprint density at radius 1 is 1.75 bits per heavy atom. The predicted molar refractivity (Wildman–Crippen MR) is 39.9 cm³/mol. The lowest BCUT2D eigenvalue weighted by Gasteiger charge is -1.79. The number of halogens is 1.